The lowest BCUT2D eigenvalue weighted by Gasteiger charge is -2.21. The zero-order chi connectivity index (χ0) is 11.4. The quantitative estimate of drug-likeness (QED) is 0.597. The Kier molecular flexibility index (Phi) is 4.26. The molecule has 0 aliphatic carbocycles. The minimum atomic E-state index is 0.438. The highest BCUT2D eigenvalue weighted by Crippen LogP contribution is 2.30. The lowest BCUT2D eigenvalue weighted by molar-refractivity contribution is 0.469. The van der Waals surface area contributed by atoms with Crippen LogP contribution in [0.1, 0.15) is 24.8 Å². The zero-order valence-corrected chi connectivity index (χ0v) is 10.5. The van der Waals surface area contributed by atoms with Gasteiger partial charge in [-0.1, -0.05) is 0 Å². The Morgan fingerprint density at radius 3 is 3.19 bits per heavy atom. The van der Waals surface area contributed by atoms with Crippen LogP contribution in [0.2, 0.25) is 0 Å². The minimum Gasteiger partial charge on any atom is -0.276 e. The first-order chi connectivity index (χ1) is 7.79. The Bertz CT molecular complexity index is 320. The summed E-state index contributed by atoms with van der Waals surface area (Å²) in [5.74, 6) is 6.93. The van der Waals surface area contributed by atoms with Gasteiger partial charge in [0, 0.05) is 24.5 Å². The molecule has 2 heterocycles. The summed E-state index contributed by atoms with van der Waals surface area (Å²) in [6, 6.07) is 0.438. The molecule has 0 aromatic carbocycles. The van der Waals surface area contributed by atoms with Crippen LogP contribution in [0.4, 0.5) is 0 Å². The van der Waals surface area contributed by atoms with Crippen molar-refractivity contribution in [2.24, 2.45) is 12.9 Å². The SMILES string of the molecule is Cn1cc(CCC(NN)C2CCCS2)cn1. The lowest BCUT2D eigenvalue weighted by Crippen LogP contribution is -2.42. The van der Waals surface area contributed by atoms with Crippen molar-refractivity contribution in [3.63, 3.8) is 0 Å². The Labute approximate surface area is 101 Å². The number of rotatable bonds is 5. The largest absolute Gasteiger partial charge is 0.276 e. The summed E-state index contributed by atoms with van der Waals surface area (Å²) in [5, 5.41) is 4.87. The van der Waals surface area contributed by atoms with Gasteiger partial charge in [-0.15, -0.1) is 0 Å². The second kappa shape index (κ2) is 5.70. The Morgan fingerprint density at radius 1 is 1.75 bits per heavy atom. The van der Waals surface area contributed by atoms with E-state index in [1.165, 1.54) is 24.2 Å². The van der Waals surface area contributed by atoms with Crippen LogP contribution in [0.5, 0.6) is 0 Å². The molecule has 4 nitrogen and oxygen atoms in total. The van der Waals surface area contributed by atoms with E-state index < -0.39 is 0 Å². The molecular formula is C11H20N4S. The Hall–Kier alpha value is -0.520. The van der Waals surface area contributed by atoms with Gasteiger partial charge in [0.05, 0.1) is 6.20 Å². The van der Waals surface area contributed by atoms with E-state index in [4.69, 9.17) is 5.84 Å². The van der Waals surface area contributed by atoms with Gasteiger partial charge in [0.1, 0.15) is 0 Å². The van der Waals surface area contributed by atoms with Crippen LogP contribution in [0, 0.1) is 0 Å². The molecule has 0 saturated carbocycles. The average Bonchev–Trinajstić information content (AvgIpc) is 2.91. The molecule has 2 unspecified atom stereocenters. The Balaban J connectivity index is 1.82. The van der Waals surface area contributed by atoms with E-state index in [-0.39, 0.29) is 0 Å². The molecule has 2 rings (SSSR count). The van der Waals surface area contributed by atoms with Crippen molar-refractivity contribution in [2.45, 2.75) is 37.0 Å². The highest BCUT2D eigenvalue weighted by molar-refractivity contribution is 8.00. The van der Waals surface area contributed by atoms with Gasteiger partial charge < -0.3 is 0 Å². The summed E-state index contributed by atoms with van der Waals surface area (Å²) in [6.45, 7) is 0. The zero-order valence-electron chi connectivity index (χ0n) is 9.72. The van der Waals surface area contributed by atoms with Gasteiger partial charge in [-0.2, -0.15) is 16.9 Å². The van der Waals surface area contributed by atoms with Crippen molar-refractivity contribution in [3.8, 4) is 0 Å². The standard InChI is InChI=1S/C11H20N4S/c1-15-8-9(7-13-15)4-5-10(14-12)11-3-2-6-16-11/h7-8,10-11,14H,2-6,12H2,1H3. The number of thioether (sulfide) groups is 1. The fourth-order valence-electron chi connectivity index (χ4n) is 2.22. The van der Waals surface area contributed by atoms with E-state index in [0.717, 1.165) is 12.8 Å². The van der Waals surface area contributed by atoms with Crippen LogP contribution in [-0.2, 0) is 13.5 Å². The van der Waals surface area contributed by atoms with Gasteiger partial charge in [0.2, 0.25) is 0 Å². The summed E-state index contributed by atoms with van der Waals surface area (Å²) >= 11 is 2.05. The molecule has 0 amide bonds. The maximum Gasteiger partial charge on any atom is 0.0521 e. The smallest absolute Gasteiger partial charge is 0.0521 e. The van der Waals surface area contributed by atoms with Gasteiger partial charge in [-0.05, 0) is 37.0 Å². The highest BCUT2D eigenvalue weighted by atomic mass is 32.2. The van der Waals surface area contributed by atoms with Crippen LogP contribution < -0.4 is 11.3 Å². The van der Waals surface area contributed by atoms with Crippen molar-refractivity contribution in [1.82, 2.24) is 15.2 Å². The van der Waals surface area contributed by atoms with Crippen LogP contribution in [0.3, 0.4) is 0 Å². The average molecular weight is 240 g/mol. The molecule has 3 N–H and O–H groups in total. The van der Waals surface area contributed by atoms with Gasteiger partial charge in [-0.25, -0.2) is 0 Å². The first kappa shape index (κ1) is 12.0. The number of aromatic nitrogens is 2. The fourth-order valence-corrected chi connectivity index (χ4v) is 3.64. The van der Waals surface area contributed by atoms with Crippen molar-refractivity contribution < 1.29 is 0 Å². The fraction of sp³-hybridized carbons (Fsp3) is 0.727. The molecule has 1 aromatic rings. The van der Waals surface area contributed by atoms with Crippen molar-refractivity contribution >= 4 is 11.8 Å². The molecule has 90 valence electrons. The number of hydrogen-bond acceptors (Lipinski definition) is 4. The topological polar surface area (TPSA) is 55.9 Å². The molecule has 1 aliphatic heterocycles. The molecule has 0 spiro atoms. The molecule has 16 heavy (non-hydrogen) atoms. The second-order valence-electron chi connectivity index (χ2n) is 4.39. The Morgan fingerprint density at radius 2 is 2.62 bits per heavy atom. The molecule has 1 aromatic heterocycles. The molecule has 0 radical (unpaired) electrons. The summed E-state index contributed by atoms with van der Waals surface area (Å²) in [6.07, 6.45) is 8.80. The highest BCUT2D eigenvalue weighted by Gasteiger charge is 2.24. The van der Waals surface area contributed by atoms with Crippen molar-refractivity contribution in [1.29, 1.82) is 0 Å². The summed E-state index contributed by atoms with van der Waals surface area (Å²) in [4.78, 5) is 0. The van der Waals surface area contributed by atoms with E-state index in [1.54, 1.807) is 0 Å². The number of aryl methyl sites for hydroxylation is 2. The number of hydrazine groups is 1. The third-order valence-corrected chi connectivity index (χ3v) is 4.65. The molecule has 1 saturated heterocycles. The van der Waals surface area contributed by atoms with E-state index >= 15 is 0 Å². The maximum absolute atomic E-state index is 5.64. The third-order valence-electron chi connectivity index (χ3n) is 3.13. The first-order valence-electron chi connectivity index (χ1n) is 5.85. The number of nitrogens with one attached hydrogen (secondary N) is 1. The number of hydrogen-bond donors (Lipinski definition) is 2. The lowest BCUT2D eigenvalue weighted by atomic mass is 10.0. The van der Waals surface area contributed by atoms with E-state index in [1.807, 2.05) is 17.9 Å². The minimum absolute atomic E-state index is 0.438. The van der Waals surface area contributed by atoms with Crippen LogP contribution >= 0.6 is 11.8 Å². The molecule has 1 aliphatic rings. The van der Waals surface area contributed by atoms with Crippen LogP contribution in [0.15, 0.2) is 12.4 Å². The normalized spacial score (nSPS) is 22.5. The summed E-state index contributed by atoms with van der Waals surface area (Å²) in [5.41, 5.74) is 4.27. The summed E-state index contributed by atoms with van der Waals surface area (Å²) in [7, 11) is 1.95. The van der Waals surface area contributed by atoms with E-state index in [9.17, 15) is 0 Å². The molecule has 5 heteroatoms. The number of nitrogens with zero attached hydrogens (tertiary/aromatic N) is 2. The second-order valence-corrected chi connectivity index (χ2v) is 5.73. The third kappa shape index (κ3) is 2.99. The maximum atomic E-state index is 5.64. The first-order valence-corrected chi connectivity index (χ1v) is 6.89. The van der Waals surface area contributed by atoms with Gasteiger partial charge in [0.15, 0.2) is 0 Å². The van der Waals surface area contributed by atoms with Gasteiger partial charge in [0.25, 0.3) is 0 Å². The number of nitrogens with two attached hydrogens (primary N) is 1. The van der Waals surface area contributed by atoms with Gasteiger partial charge in [-0.3, -0.25) is 16.0 Å². The van der Waals surface area contributed by atoms with E-state index in [0.29, 0.717) is 11.3 Å². The summed E-state index contributed by atoms with van der Waals surface area (Å²) < 4.78 is 1.85. The molecule has 1 fully saturated rings. The molecular weight excluding hydrogens is 220 g/mol. The van der Waals surface area contributed by atoms with Crippen molar-refractivity contribution in [3.05, 3.63) is 18.0 Å². The van der Waals surface area contributed by atoms with Crippen LogP contribution in [0.25, 0.3) is 0 Å². The molecule has 2 atom stereocenters. The van der Waals surface area contributed by atoms with E-state index in [2.05, 4.69) is 28.5 Å². The van der Waals surface area contributed by atoms with Gasteiger partial charge >= 0.3 is 0 Å². The molecule has 0 bridgehead atoms. The monoisotopic (exact) mass is 240 g/mol. The predicted octanol–water partition coefficient (Wildman–Crippen LogP) is 1.08. The van der Waals surface area contributed by atoms with Crippen molar-refractivity contribution in [2.75, 3.05) is 5.75 Å². The predicted molar refractivity (Wildman–Crippen MR) is 68.1 cm³/mol. The van der Waals surface area contributed by atoms with Crippen LogP contribution in [-0.4, -0.2) is 26.8 Å².